The highest BCUT2D eigenvalue weighted by Gasteiger charge is 2.21. The highest BCUT2D eigenvalue weighted by Crippen LogP contribution is 2.34. The molecule has 3 aromatic rings. The fourth-order valence-electron chi connectivity index (χ4n) is 3.04. The first kappa shape index (κ1) is 15.9. The van der Waals surface area contributed by atoms with Crippen molar-refractivity contribution < 1.29 is 14.8 Å². The van der Waals surface area contributed by atoms with Crippen LogP contribution in [0.2, 0.25) is 0 Å². The zero-order valence-electron chi connectivity index (χ0n) is 14.0. The van der Waals surface area contributed by atoms with Gasteiger partial charge in [-0.15, -0.1) is 0 Å². The standard InChI is InChI=1S/C18H19N3O3/c1-10-7-14(22)5-6-15(10)16-8-11(2)17(9-19-23)21(16)18-12(3)20-24-13(18)4/h5-9,22-23H,1-4H3/b19-9+. The minimum absolute atomic E-state index is 0.223. The molecule has 0 spiro atoms. The molecular weight excluding hydrogens is 306 g/mol. The monoisotopic (exact) mass is 325 g/mol. The molecule has 0 fully saturated rings. The third kappa shape index (κ3) is 2.46. The molecule has 24 heavy (non-hydrogen) atoms. The van der Waals surface area contributed by atoms with Crippen molar-refractivity contribution in [2.24, 2.45) is 5.16 Å². The molecule has 0 aliphatic heterocycles. The largest absolute Gasteiger partial charge is 0.508 e. The Labute approximate surface area is 139 Å². The number of aromatic hydroxyl groups is 1. The van der Waals surface area contributed by atoms with Crippen LogP contribution in [0, 0.1) is 27.7 Å². The van der Waals surface area contributed by atoms with Gasteiger partial charge in [-0.1, -0.05) is 10.3 Å². The van der Waals surface area contributed by atoms with E-state index in [1.54, 1.807) is 12.1 Å². The Bertz CT molecular complexity index is 916. The van der Waals surface area contributed by atoms with E-state index in [1.807, 2.05) is 44.4 Å². The Kier molecular flexibility index (Phi) is 3.89. The van der Waals surface area contributed by atoms with Crippen LogP contribution < -0.4 is 0 Å². The first-order valence-corrected chi connectivity index (χ1v) is 7.57. The van der Waals surface area contributed by atoms with Crippen LogP contribution in [-0.2, 0) is 0 Å². The second-order valence-corrected chi connectivity index (χ2v) is 5.85. The van der Waals surface area contributed by atoms with Crippen LogP contribution in [0.3, 0.4) is 0 Å². The number of oxime groups is 1. The molecule has 0 aliphatic rings. The number of nitrogens with zero attached hydrogens (tertiary/aromatic N) is 3. The molecular formula is C18H19N3O3. The summed E-state index contributed by atoms with van der Waals surface area (Å²) in [7, 11) is 0. The van der Waals surface area contributed by atoms with E-state index in [-0.39, 0.29) is 5.75 Å². The highest BCUT2D eigenvalue weighted by atomic mass is 16.5. The molecule has 6 nitrogen and oxygen atoms in total. The van der Waals surface area contributed by atoms with E-state index >= 15 is 0 Å². The zero-order valence-corrected chi connectivity index (χ0v) is 14.0. The van der Waals surface area contributed by atoms with Gasteiger partial charge in [0.1, 0.15) is 17.1 Å². The van der Waals surface area contributed by atoms with Crippen molar-refractivity contribution >= 4 is 6.21 Å². The third-order valence-corrected chi connectivity index (χ3v) is 4.12. The molecule has 0 radical (unpaired) electrons. The lowest BCUT2D eigenvalue weighted by Gasteiger charge is -2.13. The van der Waals surface area contributed by atoms with Crippen LogP contribution in [0.5, 0.6) is 5.75 Å². The number of benzene rings is 1. The number of phenols is 1. The topological polar surface area (TPSA) is 83.8 Å². The zero-order chi connectivity index (χ0) is 17.4. The van der Waals surface area contributed by atoms with Gasteiger partial charge in [0.2, 0.25) is 0 Å². The van der Waals surface area contributed by atoms with E-state index in [2.05, 4.69) is 10.3 Å². The van der Waals surface area contributed by atoms with Gasteiger partial charge >= 0.3 is 0 Å². The molecule has 0 aliphatic carbocycles. The van der Waals surface area contributed by atoms with E-state index in [9.17, 15) is 5.11 Å². The van der Waals surface area contributed by atoms with E-state index in [1.165, 1.54) is 6.21 Å². The summed E-state index contributed by atoms with van der Waals surface area (Å²) in [6, 6.07) is 7.26. The van der Waals surface area contributed by atoms with E-state index < -0.39 is 0 Å². The molecule has 0 atom stereocenters. The smallest absolute Gasteiger partial charge is 0.157 e. The number of aryl methyl sites for hydroxylation is 4. The normalized spacial score (nSPS) is 11.5. The first-order valence-electron chi connectivity index (χ1n) is 7.57. The molecule has 0 amide bonds. The fourth-order valence-corrected chi connectivity index (χ4v) is 3.04. The predicted octanol–water partition coefficient (Wildman–Crippen LogP) is 3.88. The average molecular weight is 325 g/mol. The average Bonchev–Trinajstić information content (AvgIpc) is 3.00. The van der Waals surface area contributed by atoms with Crippen LogP contribution in [0.1, 0.15) is 28.3 Å². The Balaban J connectivity index is 2.37. The second kappa shape index (κ2) is 5.88. The van der Waals surface area contributed by atoms with Crippen molar-refractivity contribution in [2.75, 3.05) is 0 Å². The number of hydrogen-bond donors (Lipinski definition) is 2. The van der Waals surface area contributed by atoms with Gasteiger partial charge in [-0.2, -0.15) is 0 Å². The summed E-state index contributed by atoms with van der Waals surface area (Å²) in [5.41, 5.74) is 6.08. The third-order valence-electron chi connectivity index (χ3n) is 4.12. The van der Waals surface area contributed by atoms with Crippen LogP contribution in [-0.4, -0.2) is 26.3 Å². The maximum atomic E-state index is 9.68. The molecule has 1 aromatic carbocycles. The van der Waals surface area contributed by atoms with Crippen LogP contribution in [0.4, 0.5) is 0 Å². The molecule has 3 rings (SSSR count). The number of phenolic OH excluding ortho intramolecular Hbond substituents is 1. The molecule has 124 valence electrons. The molecule has 0 saturated heterocycles. The molecule has 2 heterocycles. The summed E-state index contributed by atoms with van der Waals surface area (Å²) >= 11 is 0. The van der Waals surface area contributed by atoms with Crippen molar-refractivity contribution in [1.29, 1.82) is 0 Å². The lowest BCUT2D eigenvalue weighted by Crippen LogP contribution is -2.05. The number of rotatable bonds is 3. The summed E-state index contributed by atoms with van der Waals surface area (Å²) in [4.78, 5) is 0. The minimum Gasteiger partial charge on any atom is -0.508 e. The molecule has 2 N–H and O–H groups in total. The van der Waals surface area contributed by atoms with Gasteiger partial charge in [0.15, 0.2) is 5.76 Å². The maximum absolute atomic E-state index is 9.68. The molecule has 6 heteroatoms. The summed E-state index contributed by atoms with van der Waals surface area (Å²) in [6.07, 6.45) is 1.40. The highest BCUT2D eigenvalue weighted by molar-refractivity contribution is 5.85. The van der Waals surface area contributed by atoms with Gasteiger partial charge in [-0.25, -0.2) is 0 Å². The first-order chi connectivity index (χ1) is 11.4. The van der Waals surface area contributed by atoms with E-state index in [4.69, 9.17) is 9.73 Å². The predicted molar refractivity (Wildman–Crippen MR) is 91.3 cm³/mol. The quantitative estimate of drug-likeness (QED) is 0.435. The van der Waals surface area contributed by atoms with Crippen molar-refractivity contribution in [2.45, 2.75) is 27.7 Å². The van der Waals surface area contributed by atoms with Gasteiger partial charge < -0.3 is 19.4 Å². The Morgan fingerprint density at radius 2 is 1.88 bits per heavy atom. The summed E-state index contributed by atoms with van der Waals surface area (Å²) in [5.74, 6) is 0.897. The van der Waals surface area contributed by atoms with Crippen LogP contribution >= 0.6 is 0 Å². The Hall–Kier alpha value is -3.02. The molecule has 0 bridgehead atoms. The van der Waals surface area contributed by atoms with Crippen LogP contribution in [0.15, 0.2) is 33.9 Å². The van der Waals surface area contributed by atoms with E-state index in [0.717, 1.165) is 39.5 Å². The van der Waals surface area contributed by atoms with Crippen molar-refractivity contribution in [3.8, 4) is 22.7 Å². The van der Waals surface area contributed by atoms with Gasteiger partial charge in [0.25, 0.3) is 0 Å². The van der Waals surface area contributed by atoms with Gasteiger partial charge in [-0.05, 0) is 63.1 Å². The summed E-state index contributed by atoms with van der Waals surface area (Å²) < 4.78 is 7.28. The van der Waals surface area contributed by atoms with Gasteiger partial charge in [0.05, 0.1) is 17.6 Å². The van der Waals surface area contributed by atoms with Crippen LogP contribution in [0.25, 0.3) is 16.9 Å². The lowest BCUT2D eigenvalue weighted by atomic mass is 10.0. The number of aromatic nitrogens is 2. The minimum atomic E-state index is 0.223. The lowest BCUT2D eigenvalue weighted by molar-refractivity contribution is 0.321. The fraction of sp³-hybridized carbons (Fsp3) is 0.222. The van der Waals surface area contributed by atoms with Crippen molar-refractivity contribution in [1.82, 2.24) is 9.72 Å². The SMILES string of the molecule is Cc1cc(O)ccc1-c1cc(C)c(/C=N/O)n1-c1c(C)noc1C. The van der Waals surface area contributed by atoms with Gasteiger partial charge in [-0.3, -0.25) is 0 Å². The maximum Gasteiger partial charge on any atom is 0.157 e. The summed E-state index contributed by atoms with van der Waals surface area (Å²) in [5, 5.41) is 26.0. The Morgan fingerprint density at radius 1 is 1.12 bits per heavy atom. The molecule has 0 unspecified atom stereocenters. The second-order valence-electron chi connectivity index (χ2n) is 5.85. The van der Waals surface area contributed by atoms with Crippen molar-refractivity contribution in [3.05, 3.63) is 52.5 Å². The molecule has 2 aromatic heterocycles. The molecule has 0 saturated carbocycles. The van der Waals surface area contributed by atoms with Gasteiger partial charge in [0, 0.05) is 5.56 Å². The number of hydrogen-bond acceptors (Lipinski definition) is 5. The van der Waals surface area contributed by atoms with Crippen molar-refractivity contribution in [3.63, 3.8) is 0 Å². The van der Waals surface area contributed by atoms with E-state index in [0.29, 0.717) is 5.76 Å². The summed E-state index contributed by atoms with van der Waals surface area (Å²) in [6.45, 7) is 7.60. The Morgan fingerprint density at radius 3 is 2.46 bits per heavy atom.